The minimum absolute atomic E-state index is 0. The first-order valence-corrected chi connectivity index (χ1v) is 10.3. The van der Waals surface area contributed by atoms with Gasteiger partial charge in [-0.2, -0.15) is 0 Å². The molecule has 3 aliphatic rings. The van der Waals surface area contributed by atoms with Gasteiger partial charge in [-0.25, -0.2) is 0 Å². The van der Waals surface area contributed by atoms with Gasteiger partial charge in [0.2, 0.25) is 0 Å². The second-order valence-corrected chi connectivity index (χ2v) is 7.68. The van der Waals surface area contributed by atoms with Crippen molar-refractivity contribution < 1.29 is 39.9 Å². The molecule has 3 rings (SSSR count). The largest absolute Gasteiger partial charge is 0.0651 e. The molecule has 0 aromatic heterocycles. The van der Waals surface area contributed by atoms with Crippen molar-refractivity contribution in [3.8, 4) is 0 Å². The summed E-state index contributed by atoms with van der Waals surface area (Å²) in [7, 11) is 0. The third-order valence-corrected chi connectivity index (χ3v) is 6.16. The summed E-state index contributed by atoms with van der Waals surface area (Å²) in [6.07, 6.45) is 22.3. The van der Waals surface area contributed by atoms with Crippen LogP contribution in [0.15, 0.2) is 0 Å². The molecule has 0 amide bonds. The first-order chi connectivity index (χ1) is 10.3. The zero-order valence-corrected chi connectivity index (χ0v) is 18.0. The quantitative estimate of drug-likeness (QED) is 0.411. The summed E-state index contributed by atoms with van der Waals surface area (Å²) < 4.78 is 0. The summed E-state index contributed by atoms with van der Waals surface area (Å²) in [6.45, 7) is 6.90. The van der Waals surface area contributed by atoms with Gasteiger partial charge in [-0.05, 0) is 17.8 Å². The Balaban J connectivity index is 0.000000294. The molecule has 0 spiro atoms. The van der Waals surface area contributed by atoms with E-state index in [4.69, 9.17) is 0 Å². The van der Waals surface area contributed by atoms with E-state index in [1.165, 1.54) is 96.3 Å². The first kappa shape index (κ1) is 23.3. The Morgan fingerprint density at radius 3 is 0.727 bits per heavy atom. The molecule has 0 saturated heterocycles. The second-order valence-electron chi connectivity index (χ2n) is 7.68. The van der Waals surface area contributed by atoms with Crippen molar-refractivity contribution in [2.75, 3.05) is 0 Å². The van der Waals surface area contributed by atoms with Gasteiger partial charge < -0.3 is 0 Å². The van der Waals surface area contributed by atoms with Crippen molar-refractivity contribution in [1.82, 2.24) is 0 Å². The topological polar surface area (TPSA) is 0 Å². The Bertz CT molecular complexity index is 170. The van der Waals surface area contributed by atoms with Crippen molar-refractivity contribution in [2.24, 2.45) is 17.8 Å². The summed E-state index contributed by atoms with van der Waals surface area (Å²) in [5, 5.41) is 0. The van der Waals surface area contributed by atoms with Crippen molar-refractivity contribution in [3.05, 3.63) is 0 Å². The zero-order chi connectivity index (χ0) is 15.3. The fourth-order valence-corrected chi connectivity index (χ4v) is 4.26. The van der Waals surface area contributed by atoms with Crippen molar-refractivity contribution in [3.63, 3.8) is 0 Å². The van der Waals surface area contributed by atoms with Gasteiger partial charge in [-0.3, -0.25) is 0 Å². The van der Waals surface area contributed by atoms with Gasteiger partial charge in [-0.15, -0.1) is 0 Å². The molecule has 134 valence electrons. The molecule has 3 saturated carbocycles. The predicted molar refractivity (Wildman–Crippen MR) is 96.7 cm³/mol. The van der Waals surface area contributed by atoms with Gasteiger partial charge in [0.05, 0.1) is 0 Å². The van der Waals surface area contributed by atoms with Crippen LogP contribution in [0.3, 0.4) is 0 Å². The zero-order valence-electron chi connectivity index (χ0n) is 15.7. The van der Waals surface area contributed by atoms with Gasteiger partial charge >= 0.3 is 0 Å². The molecule has 0 radical (unpaired) electrons. The van der Waals surface area contributed by atoms with E-state index in [2.05, 4.69) is 20.8 Å². The number of rotatable bonds is 3. The molecule has 3 fully saturated rings. The van der Waals surface area contributed by atoms with Crippen LogP contribution in [0.25, 0.3) is 0 Å². The van der Waals surface area contributed by atoms with Crippen molar-refractivity contribution in [1.29, 1.82) is 0 Å². The molecule has 0 aromatic rings. The smallest absolute Gasteiger partial charge is 0 e. The molecule has 0 aromatic carbocycles. The normalized spacial score (nSPS) is 22.5. The standard InChI is InChI=1S/3C7H14.Gd/c3*1-2-7-5-3-4-6-7;/h3*7H,2-6H2,1H3;. The van der Waals surface area contributed by atoms with Gasteiger partial charge in [0, 0.05) is 39.9 Å². The average Bonchev–Trinajstić information content (AvgIpc) is 3.31. The van der Waals surface area contributed by atoms with E-state index in [1.807, 2.05) is 0 Å². The Morgan fingerprint density at radius 2 is 0.636 bits per heavy atom. The Hall–Kier alpha value is 1.32. The molecular weight excluding hydrogens is 409 g/mol. The fraction of sp³-hybridized carbons (Fsp3) is 1.00. The van der Waals surface area contributed by atoms with Crippen LogP contribution in [-0.4, -0.2) is 0 Å². The fourth-order valence-electron chi connectivity index (χ4n) is 4.26. The molecule has 0 N–H and O–H groups in total. The van der Waals surface area contributed by atoms with Gasteiger partial charge in [0.15, 0.2) is 0 Å². The molecule has 0 heterocycles. The third-order valence-electron chi connectivity index (χ3n) is 6.16. The Morgan fingerprint density at radius 1 is 0.455 bits per heavy atom. The van der Waals surface area contributed by atoms with E-state index in [9.17, 15) is 0 Å². The molecule has 3 aliphatic carbocycles. The van der Waals surface area contributed by atoms with Crippen molar-refractivity contribution in [2.45, 2.75) is 117 Å². The number of hydrogen-bond acceptors (Lipinski definition) is 0. The van der Waals surface area contributed by atoms with E-state index in [1.54, 1.807) is 0 Å². The molecule has 1 heteroatoms. The van der Waals surface area contributed by atoms with Gasteiger partial charge in [0.1, 0.15) is 0 Å². The molecule has 0 aliphatic heterocycles. The Labute approximate surface area is 173 Å². The molecular formula is C21H42Gd. The SMILES string of the molecule is CCC1CCCC1.CCC1CCCC1.CCC1CCCC1.[Gd]. The molecule has 0 unspecified atom stereocenters. The predicted octanol–water partition coefficient (Wildman–Crippen LogP) is 7.76. The summed E-state index contributed by atoms with van der Waals surface area (Å²) in [5.41, 5.74) is 0. The monoisotopic (exact) mass is 452 g/mol. The molecule has 0 atom stereocenters. The second kappa shape index (κ2) is 15.8. The van der Waals surface area contributed by atoms with Crippen LogP contribution >= 0.6 is 0 Å². The maximum absolute atomic E-state index is 2.30. The average molecular weight is 452 g/mol. The van der Waals surface area contributed by atoms with Crippen LogP contribution in [0.1, 0.15) is 117 Å². The van der Waals surface area contributed by atoms with Crippen LogP contribution in [0.5, 0.6) is 0 Å². The van der Waals surface area contributed by atoms with Crippen LogP contribution < -0.4 is 0 Å². The summed E-state index contributed by atoms with van der Waals surface area (Å²) in [5.74, 6) is 3.29. The van der Waals surface area contributed by atoms with Gasteiger partial charge in [0.25, 0.3) is 0 Å². The van der Waals surface area contributed by atoms with E-state index < -0.39 is 0 Å². The number of hydrogen-bond donors (Lipinski definition) is 0. The van der Waals surface area contributed by atoms with Crippen LogP contribution in [0.4, 0.5) is 0 Å². The van der Waals surface area contributed by atoms with Crippen LogP contribution in [0, 0.1) is 57.7 Å². The van der Waals surface area contributed by atoms with E-state index >= 15 is 0 Å². The molecule has 0 bridgehead atoms. The van der Waals surface area contributed by atoms with E-state index in [0.717, 1.165) is 17.8 Å². The molecule has 22 heavy (non-hydrogen) atoms. The third kappa shape index (κ3) is 11.0. The maximum atomic E-state index is 2.30. The molecule has 0 nitrogen and oxygen atoms in total. The van der Waals surface area contributed by atoms with Crippen molar-refractivity contribution >= 4 is 0 Å². The van der Waals surface area contributed by atoms with Gasteiger partial charge in [-0.1, -0.05) is 117 Å². The summed E-state index contributed by atoms with van der Waals surface area (Å²) >= 11 is 0. The minimum atomic E-state index is 0. The first-order valence-electron chi connectivity index (χ1n) is 10.3. The van der Waals surface area contributed by atoms with E-state index in [0.29, 0.717) is 0 Å². The summed E-state index contributed by atoms with van der Waals surface area (Å²) in [4.78, 5) is 0. The minimum Gasteiger partial charge on any atom is -0.0651 e. The van der Waals surface area contributed by atoms with E-state index in [-0.39, 0.29) is 39.9 Å². The summed E-state index contributed by atoms with van der Waals surface area (Å²) in [6, 6.07) is 0. The van der Waals surface area contributed by atoms with Crippen LogP contribution in [0.2, 0.25) is 0 Å². The van der Waals surface area contributed by atoms with Crippen LogP contribution in [-0.2, 0) is 0 Å². The maximum Gasteiger partial charge on any atom is 0 e. The Kier molecular flexibility index (Phi) is 16.8.